The molecule has 0 atom stereocenters. The Kier molecular flexibility index (Phi) is 3.37. The van der Waals surface area contributed by atoms with Crippen LogP contribution in [0.2, 0.25) is 0 Å². The molecule has 0 saturated carbocycles. The van der Waals surface area contributed by atoms with Gasteiger partial charge >= 0.3 is 0 Å². The molecule has 0 fully saturated rings. The summed E-state index contributed by atoms with van der Waals surface area (Å²) in [6, 6.07) is 9.73. The van der Waals surface area contributed by atoms with E-state index in [4.69, 9.17) is 0 Å². The Hall–Kier alpha value is -2.23. The third-order valence-electron chi connectivity index (χ3n) is 2.57. The number of carbonyl (C=O) groups excluding carboxylic acids is 1. The minimum atomic E-state index is -0.530. The summed E-state index contributed by atoms with van der Waals surface area (Å²) in [4.78, 5) is 11.9. The average molecular weight is 247 g/mol. The normalized spacial score (nSPS) is 10.2. The van der Waals surface area contributed by atoms with Gasteiger partial charge in [0.1, 0.15) is 11.6 Å². The number of amides is 1. The van der Waals surface area contributed by atoms with Gasteiger partial charge in [-0.05, 0) is 36.8 Å². The summed E-state index contributed by atoms with van der Waals surface area (Å²) in [5, 5.41) is 2.41. The number of benzene rings is 2. The smallest absolute Gasteiger partial charge is 0.256 e. The molecule has 0 saturated heterocycles. The van der Waals surface area contributed by atoms with Crippen LogP contribution in [0.1, 0.15) is 15.9 Å². The average Bonchev–Trinajstić information content (AvgIpc) is 2.35. The van der Waals surface area contributed by atoms with Gasteiger partial charge in [0.15, 0.2) is 0 Å². The molecule has 0 aliphatic carbocycles. The standard InChI is InChI=1S/C14H11F2NO/c1-9-6-7-10(15)8-11(9)14(18)17-13-5-3-2-4-12(13)16/h2-8H,1H3,(H,17,18). The molecule has 18 heavy (non-hydrogen) atoms. The number of rotatable bonds is 2. The number of halogens is 2. The van der Waals surface area contributed by atoms with Crippen molar-refractivity contribution in [3.05, 3.63) is 65.2 Å². The molecule has 2 aromatic carbocycles. The Morgan fingerprint density at radius 1 is 1.11 bits per heavy atom. The van der Waals surface area contributed by atoms with E-state index in [0.717, 1.165) is 6.07 Å². The fourth-order valence-electron chi connectivity index (χ4n) is 1.59. The maximum Gasteiger partial charge on any atom is 0.256 e. The van der Waals surface area contributed by atoms with Crippen LogP contribution < -0.4 is 5.32 Å². The molecule has 0 spiro atoms. The van der Waals surface area contributed by atoms with E-state index < -0.39 is 17.5 Å². The number of carbonyl (C=O) groups is 1. The summed E-state index contributed by atoms with van der Waals surface area (Å²) < 4.78 is 26.4. The van der Waals surface area contributed by atoms with E-state index in [2.05, 4.69) is 5.32 Å². The Morgan fingerprint density at radius 2 is 1.83 bits per heavy atom. The van der Waals surface area contributed by atoms with E-state index in [1.54, 1.807) is 13.0 Å². The molecule has 1 N–H and O–H groups in total. The maximum absolute atomic E-state index is 13.4. The first-order valence-electron chi connectivity index (χ1n) is 5.40. The highest BCUT2D eigenvalue weighted by atomic mass is 19.1. The Balaban J connectivity index is 2.28. The molecule has 2 rings (SSSR count). The lowest BCUT2D eigenvalue weighted by atomic mass is 10.1. The molecule has 0 aliphatic rings. The number of hydrogen-bond donors (Lipinski definition) is 1. The second-order valence-corrected chi connectivity index (χ2v) is 3.89. The summed E-state index contributed by atoms with van der Waals surface area (Å²) >= 11 is 0. The van der Waals surface area contributed by atoms with E-state index in [0.29, 0.717) is 5.56 Å². The fourth-order valence-corrected chi connectivity index (χ4v) is 1.59. The van der Waals surface area contributed by atoms with Gasteiger partial charge in [0, 0.05) is 5.56 Å². The molecule has 0 aliphatic heterocycles. The van der Waals surface area contributed by atoms with Crippen LogP contribution in [0.15, 0.2) is 42.5 Å². The van der Waals surface area contributed by atoms with Gasteiger partial charge in [0.25, 0.3) is 5.91 Å². The predicted molar refractivity (Wildman–Crippen MR) is 65.5 cm³/mol. The lowest BCUT2D eigenvalue weighted by molar-refractivity contribution is 0.102. The monoisotopic (exact) mass is 247 g/mol. The quantitative estimate of drug-likeness (QED) is 0.864. The van der Waals surface area contributed by atoms with Gasteiger partial charge in [-0.15, -0.1) is 0 Å². The second-order valence-electron chi connectivity index (χ2n) is 3.89. The van der Waals surface area contributed by atoms with Crippen LogP contribution in [0.3, 0.4) is 0 Å². The van der Waals surface area contributed by atoms with Gasteiger partial charge < -0.3 is 5.32 Å². The zero-order valence-electron chi connectivity index (χ0n) is 9.71. The third-order valence-corrected chi connectivity index (χ3v) is 2.57. The van der Waals surface area contributed by atoms with E-state index in [-0.39, 0.29) is 11.3 Å². The topological polar surface area (TPSA) is 29.1 Å². The number of nitrogens with one attached hydrogen (secondary N) is 1. The summed E-state index contributed by atoms with van der Waals surface area (Å²) in [6.45, 7) is 1.69. The maximum atomic E-state index is 13.4. The summed E-state index contributed by atoms with van der Waals surface area (Å²) in [5.41, 5.74) is 0.898. The molecule has 0 radical (unpaired) electrons. The molecule has 0 unspecified atom stereocenters. The van der Waals surface area contributed by atoms with Crippen molar-refractivity contribution in [2.75, 3.05) is 5.32 Å². The van der Waals surface area contributed by atoms with Gasteiger partial charge in [-0.2, -0.15) is 0 Å². The highest BCUT2D eigenvalue weighted by Crippen LogP contribution is 2.16. The first-order chi connectivity index (χ1) is 8.58. The van der Waals surface area contributed by atoms with Gasteiger partial charge in [0.05, 0.1) is 5.69 Å². The van der Waals surface area contributed by atoms with E-state index in [1.165, 1.54) is 30.3 Å². The molecule has 1 amide bonds. The van der Waals surface area contributed by atoms with Crippen molar-refractivity contribution in [2.45, 2.75) is 6.92 Å². The molecular weight excluding hydrogens is 236 g/mol. The van der Waals surface area contributed by atoms with Gasteiger partial charge in [-0.1, -0.05) is 18.2 Å². The van der Waals surface area contributed by atoms with Crippen LogP contribution in [0.25, 0.3) is 0 Å². The number of aryl methyl sites for hydroxylation is 1. The van der Waals surface area contributed by atoms with Crippen LogP contribution >= 0.6 is 0 Å². The third kappa shape index (κ3) is 2.53. The van der Waals surface area contributed by atoms with Crippen LogP contribution in [0.4, 0.5) is 14.5 Å². The van der Waals surface area contributed by atoms with Crippen LogP contribution in [-0.2, 0) is 0 Å². The molecule has 0 aromatic heterocycles. The van der Waals surface area contributed by atoms with Gasteiger partial charge in [0.2, 0.25) is 0 Å². The van der Waals surface area contributed by atoms with Crippen molar-refractivity contribution in [1.82, 2.24) is 0 Å². The lowest BCUT2D eigenvalue weighted by Gasteiger charge is -2.08. The first kappa shape index (κ1) is 12.2. The molecule has 2 aromatic rings. The second kappa shape index (κ2) is 4.96. The van der Waals surface area contributed by atoms with E-state index in [9.17, 15) is 13.6 Å². The Morgan fingerprint density at radius 3 is 2.56 bits per heavy atom. The van der Waals surface area contributed by atoms with E-state index in [1.807, 2.05) is 0 Å². The Labute approximate surface area is 103 Å². The largest absolute Gasteiger partial charge is 0.319 e. The van der Waals surface area contributed by atoms with Crippen LogP contribution in [0.5, 0.6) is 0 Å². The zero-order chi connectivity index (χ0) is 13.1. The highest BCUT2D eigenvalue weighted by Gasteiger charge is 2.12. The number of hydrogen-bond acceptors (Lipinski definition) is 1. The minimum Gasteiger partial charge on any atom is -0.319 e. The molecule has 92 valence electrons. The molecule has 0 heterocycles. The van der Waals surface area contributed by atoms with Crippen molar-refractivity contribution in [3.63, 3.8) is 0 Å². The Bertz CT molecular complexity index is 596. The van der Waals surface area contributed by atoms with Gasteiger partial charge in [-0.3, -0.25) is 4.79 Å². The van der Waals surface area contributed by atoms with Crippen molar-refractivity contribution < 1.29 is 13.6 Å². The molecule has 0 bridgehead atoms. The number of anilines is 1. The van der Waals surface area contributed by atoms with Crippen LogP contribution in [-0.4, -0.2) is 5.91 Å². The summed E-state index contributed by atoms with van der Waals surface area (Å²) in [7, 11) is 0. The predicted octanol–water partition coefficient (Wildman–Crippen LogP) is 3.53. The molecular formula is C14H11F2NO. The highest BCUT2D eigenvalue weighted by molar-refractivity contribution is 6.05. The summed E-state index contributed by atoms with van der Waals surface area (Å²) in [6.07, 6.45) is 0. The van der Waals surface area contributed by atoms with Crippen molar-refractivity contribution >= 4 is 11.6 Å². The summed E-state index contributed by atoms with van der Waals surface area (Å²) in [5.74, 6) is -1.56. The minimum absolute atomic E-state index is 0.0751. The molecule has 4 heteroatoms. The zero-order valence-corrected chi connectivity index (χ0v) is 9.71. The van der Waals surface area contributed by atoms with Crippen molar-refractivity contribution in [1.29, 1.82) is 0 Å². The molecule has 2 nitrogen and oxygen atoms in total. The van der Waals surface area contributed by atoms with Gasteiger partial charge in [-0.25, -0.2) is 8.78 Å². The number of para-hydroxylation sites is 1. The fraction of sp³-hybridized carbons (Fsp3) is 0.0714. The first-order valence-corrected chi connectivity index (χ1v) is 5.40. The van der Waals surface area contributed by atoms with E-state index >= 15 is 0 Å². The van der Waals surface area contributed by atoms with Crippen molar-refractivity contribution in [3.8, 4) is 0 Å². The SMILES string of the molecule is Cc1ccc(F)cc1C(=O)Nc1ccccc1F. The van der Waals surface area contributed by atoms with Crippen molar-refractivity contribution in [2.24, 2.45) is 0 Å². The lowest BCUT2D eigenvalue weighted by Crippen LogP contribution is -2.14. The van der Waals surface area contributed by atoms with Crippen LogP contribution in [0, 0.1) is 18.6 Å².